The van der Waals surface area contributed by atoms with E-state index in [-0.39, 0.29) is 0 Å². The van der Waals surface area contributed by atoms with Gasteiger partial charge in [-0.1, -0.05) is 92.5 Å². The molecule has 0 fully saturated rings. The molecule has 0 aliphatic carbocycles. The summed E-state index contributed by atoms with van der Waals surface area (Å²) in [5, 5.41) is 0. The summed E-state index contributed by atoms with van der Waals surface area (Å²) in [4.78, 5) is 33.7. The molecule has 0 spiro atoms. The molecule has 8 nitrogen and oxygen atoms in total. The number of halogens is 2. The van der Waals surface area contributed by atoms with Crippen molar-refractivity contribution in [2.75, 3.05) is 37.6 Å². The Balaban J connectivity index is 0.000000170. The number of nitrogens with zero attached hydrogens (tertiary/aromatic N) is 2. The monoisotopic (exact) mass is 772 g/mol. The number of hydrogen-bond acceptors (Lipinski definition) is 6. The van der Waals surface area contributed by atoms with Gasteiger partial charge in [0.2, 0.25) is 0 Å². The standard InChI is InChI=1S/C20H20BrN3O2.C18H22BrN3/c21-16-11-17-18(23-20(26)19(25)22-17)14-8-10-24(12-15(14)16)9-4-7-13-5-2-1-3-6-13;19-16-11-17(20)18(21)14-8-10-22(12-15(14)16)9-4-7-13-5-2-1-3-6-13/h1-3,5-6,11H,4,7-10,12H2,(H,22,25)(H,23,26);1-3,5-6,11H,4,7-10,12,20-21H2. The molecule has 10 heteroatoms. The highest BCUT2D eigenvalue weighted by molar-refractivity contribution is 9.10. The first-order valence-corrected chi connectivity index (χ1v) is 18.2. The van der Waals surface area contributed by atoms with E-state index in [1.165, 1.54) is 34.2 Å². The number of fused-ring (bicyclic) bond motifs is 4. The summed E-state index contributed by atoms with van der Waals surface area (Å²) in [6, 6.07) is 25.1. The quantitative estimate of drug-likeness (QED) is 0.105. The molecular formula is C38H42Br2N6O2. The van der Waals surface area contributed by atoms with Crippen LogP contribution in [-0.4, -0.2) is 45.9 Å². The Morgan fingerprint density at radius 1 is 0.646 bits per heavy atom. The molecule has 1 aromatic heterocycles. The topological polar surface area (TPSA) is 124 Å². The number of aromatic amines is 2. The molecule has 5 aromatic rings. The molecule has 250 valence electrons. The van der Waals surface area contributed by atoms with Crippen LogP contribution in [0.5, 0.6) is 0 Å². The third-order valence-corrected chi connectivity index (χ3v) is 10.9. The normalized spacial score (nSPS) is 14.6. The lowest BCUT2D eigenvalue weighted by atomic mass is 9.96. The molecule has 7 rings (SSSR count). The van der Waals surface area contributed by atoms with Crippen molar-refractivity contribution in [1.82, 2.24) is 19.8 Å². The molecule has 48 heavy (non-hydrogen) atoms. The smallest absolute Gasteiger partial charge is 0.314 e. The van der Waals surface area contributed by atoms with Crippen LogP contribution in [0.15, 0.2) is 91.3 Å². The fraction of sp³-hybridized carbons (Fsp3) is 0.316. The van der Waals surface area contributed by atoms with Gasteiger partial charge in [-0.3, -0.25) is 19.4 Å². The van der Waals surface area contributed by atoms with Crippen molar-refractivity contribution in [3.05, 3.63) is 136 Å². The highest BCUT2D eigenvalue weighted by Gasteiger charge is 2.23. The van der Waals surface area contributed by atoms with Crippen molar-refractivity contribution in [3.8, 4) is 0 Å². The van der Waals surface area contributed by atoms with Crippen LogP contribution in [0.1, 0.15) is 46.2 Å². The molecule has 3 heterocycles. The number of aromatic nitrogens is 2. The Hall–Kier alpha value is -3.70. The predicted octanol–water partition coefficient (Wildman–Crippen LogP) is 6.57. The van der Waals surface area contributed by atoms with Gasteiger partial charge in [-0.2, -0.15) is 0 Å². The van der Waals surface area contributed by atoms with Crippen LogP contribution in [0.25, 0.3) is 11.0 Å². The molecule has 0 saturated heterocycles. The zero-order valence-electron chi connectivity index (χ0n) is 27.0. The summed E-state index contributed by atoms with van der Waals surface area (Å²) in [5.41, 5.74) is 21.4. The van der Waals surface area contributed by atoms with Crippen LogP contribution < -0.4 is 22.6 Å². The average Bonchev–Trinajstić information content (AvgIpc) is 3.10. The number of hydrogen-bond donors (Lipinski definition) is 4. The third-order valence-electron chi connectivity index (χ3n) is 9.44. The summed E-state index contributed by atoms with van der Waals surface area (Å²) in [6.07, 6.45) is 6.36. The number of aryl methyl sites for hydroxylation is 2. The molecule has 0 bridgehead atoms. The Labute approximate surface area is 297 Å². The number of benzene rings is 4. The number of H-pyrrole nitrogens is 2. The zero-order valence-corrected chi connectivity index (χ0v) is 30.2. The maximum atomic E-state index is 11.7. The van der Waals surface area contributed by atoms with Crippen LogP contribution in [0.2, 0.25) is 0 Å². The summed E-state index contributed by atoms with van der Waals surface area (Å²) >= 11 is 7.28. The maximum absolute atomic E-state index is 11.7. The van der Waals surface area contributed by atoms with Gasteiger partial charge in [-0.15, -0.1) is 0 Å². The van der Waals surface area contributed by atoms with Gasteiger partial charge in [-0.05, 0) is 97.1 Å². The number of nitrogens with two attached hydrogens (primary N) is 2. The van der Waals surface area contributed by atoms with Gasteiger partial charge in [0.15, 0.2) is 0 Å². The summed E-state index contributed by atoms with van der Waals surface area (Å²) in [5.74, 6) is 0. The number of nitrogen functional groups attached to an aromatic ring is 2. The Bertz CT molecular complexity index is 2000. The Kier molecular flexibility index (Phi) is 11.2. The van der Waals surface area contributed by atoms with Crippen molar-refractivity contribution < 1.29 is 0 Å². The van der Waals surface area contributed by atoms with Crippen molar-refractivity contribution >= 4 is 54.3 Å². The highest BCUT2D eigenvalue weighted by atomic mass is 79.9. The van der Waals surface area contributed by atoms with Gasteiger partial charge in [0, 0.05) is 35.1 Å². The second-order valence-corrected chi connectivity index (χ2v) is 14.4. The molecule has 2 aliphatic rings. The fourth-order valence-corrected chi connectivity index (χ4v) is 8.05. The van der Waals surface area contributed by atoms with Crippen molar-refractivity contribution in [3.63, 3.8) is 0 Å². The molecule has 2 aliphatic heterocycles. The summed E-state index contributed by atoms with van der Waals surface area (Å²) in [6.45, 7) is 5.97. The molecule has 4 aromatic carbocycles. The van der Waals surface area contributed by atoms with Gasteiger partial charge in [0.25, 0.3) is 0 Å². The summed E-state index contributed by atoms with van der Waals surface area (Å²) < 4.78 is 2.07. The van der Waals surface area contributed by atoms with Crippen LogP contribution in [0.3, 0.4) is 0 Å². The van der Waals surface area contributed by atoms with Crippen LogP contribution in [0.4, 0.5) is 11.4 Å². The molecule has 6 N–H and O–H groups in total. The van der Waals surface area contributed by atoms with Gasteiger partial charge in [0.05, 0.1) is 22.4 Å². The van der Waals surface area contributed by atoms with E-state index in [1.807, 2.05) is 18.2 Å². The van der Waals surface area contributed by atoms with Gasteiger partial charge >= 0.3 is 11.1 Å². The number of rotatable bonds is 8. The molecule has 0 saturated carbocycles. The number of nitrogens with one attached hydrogen (secondary N) is 2. The second kappa shape index (κ2) is 15.7. The van der Waals surface area contributed by atoms with Crippen LogP contribution in [0, 0.1) is 0 Å². The van der Waals surface area contributed by atoms with E-state index in [4.69, 9.17) is 11.5 Å². The second-order valence-electron chi connectivity index (χ2n) is 12.7. The number of anilines is 2. The first kappa shape index (κ1) is 34.2. The van der Waals surface area contributed by atoms with Gasteiger partial charge in [-0.25, -0.2) is 0 Å². The van der Waals surface area contributed by atoms with Crippen LogP contribution in [-0.2, 0) is 38.8 Å². The Morgan fingerprint density at radius 2 is 1.15 bits per heavy atom. The predicted molar refractivity (Wildman–Crippen MR) is 203 cm³/mol. The highest BCUT2D eigenvalue weighted by Crippen LogP contribution is 2.35. The van der Waals surface area contributed by atoms with Crippen LogP contribution >= 0.6 is 31.9 Å². The molecule has 0 unspecified atom stereocenters. The first-order valence-electron chi connectivity index (χ1n) is 16.6. The molecule has 0 atom stereocenters. The minimum atomic E-state index is -0.609. The van der Waals surface area contributed by atoms with E-state index < -0.39 is 11.1 Å². The fourth-order valence-electron chi connectivity index (χ4n) is 6.85. The molecule has 0 amide bonds. The van der Waals surface area contributed by atoms with Crippen molar-refractivity contribution in [2.24, 2.45) is 0 Å². The van der Waals surface area contributed by atoms with E-state index in [2.05, 4.69) is 106 Å². The van der Waals surface area contributed by atoms with Gasteiger partial charge < -0.3 is 21.4 Å². The zero-order chi connectivity index (χ0) is 33.6. The third kappa shape index (κ3) is 8.11. The largest absolute Gasteiger partial charge is 0.397 e. The lowest BCUT2D eigenvalue weighted by molar-refractivity contribution is 0.251. The van der Waals surface area contributed by atoms with E-state index in [0.717, 1.165) is 97.1 Å². The lowest BCUT2D eigenvalue weighted by Crippen LogP contribution is -2.34. The summed E-state index contributed by atoms with van der Waals surface area (Å²) in [7, 11) is 0. The van der Waals surface area contributed by atoms with E-state index in [9.17, 15) is 9.59 Å². The van der Waals surface area contributed by atoms with E-state index in [0.29, 0.717) is 11.2 Å². The van der Waals surface area contributed by atoms with E-state index >= 15 is 0 Å². The van der Waals surface area contributed by atoms with Crippen molar-refractivity contribution in [1.29, 1.82) is 0 Å². The Morgan fingerprint density at radius 3 is 1.73 bits per heavy atom. The van der Waals surface area contributed by atoms with E-state index in [1.54, 1.807) is 0 Å². The minimum absolute atomic E-state index is 0.590. The molecule has 0 radical (unpaired) electrons. The molecular weight excluding hydrogens is 732 g/mol. The average molecular weight is 775 g/mol. The first-order chi connectivity index (χ1) is 23.3. The van der Waals surface area contributed by atoms with Crippen molar-refractivity contribution in [2.45, 2.75) is 51.6 Å². The SMILES string of the molecule is Nc1cc(Br)c2c(c1N)CCN(CCCc1ccccc1)C2.O=c1[nH]c2cc(Br)c3c(c2[nH]c1=O)CCN(CCCc1ccccc1)C3. The lowest BCUT2D eigenvalue weighted by Gasteiger charge is -2.30. The maximum Gasteiger partial charge on any atom is 0.314 e. The minimum Gasteiger partial charge on any atom is -0.397 e. The van der Waals surface area contributed by atoms with Gasteiger partial charge in [0.1, 0.15) is 0 Å².